The Labute approximate surface area is 131 Å². The van der Waals surface area contributed by atoms with Gasteiger partial charge in [0.05, 0.1) is 4.47 Å². The molecule has 86 valence electrons. The van der Waals surface area contributed by atoms with Crippen molar-refractivity contribution in [2.45, 2.75) is 0 Å². The lowest BCUT2D eigenvalue weighted by molar-refractivity contribution is 0.666. The molecule has 0 amide bonds. The molecule has 0 saturated heterocycles. The third kappa shape index (κ3) is 1.91. The summed E-state index contributed by atoms with van der Waals surface area (Å²) in [6, 6.07) is 8.05. The third-order valence-corrected chi connectivity index (χ3v) is 5.61. The first-order valence-electron chi connectivity index (χ1n) is 4.73. The van der Waals surface area contributed by atoms with Crippen molar-refractivity contribution >= 4 is 85.7 Å². The van der Waals surface area contributed by atoms with Crippen LogP contribution in [0.25, 0.3) is 21.9 Å². The van der Waals surface area contributed by atoms with Gasteiger partial charge in [-0.05, 0) is 72.1 Å². The number of hydrogen-bond acceptors (Lipinski definition) is 1. The Morgan fingerprint density at radius 2 is 1.65 bits per heavy atom. The summed E-state index contributed by atoms with van der Waals surface area (Å²) in [5, 5.41) is 2.19. The van der Waals surface area contributed by atoms with Crippen molar-refractivity contribution in [1.29, 1.82) is 0 Å². The minimum absolute atomic E-state index is 0.855. The number of rotatable bonds is 0. The van der Waals surface area contributed by atoms with Crippen LogP contribution in [-0.4, -0.2) is 0 Å². The predicted octanol–water partition coefficient (Wildman–Crippen LogP) is 6.64. The SMILES string of the molecule is Brc1cc(Br)c2c(c1)oc1c(Br)c(Br)ccc12. The Morgan fingerprint density at radius 3 is 2.41 bits per heavy atom. The molecule has 0 fully saturated rings. The van der Waals surface area contributed by atoms with Gasteiger partial charge in [-0.1, -0.05) is 15.9 Å². The maximum atomic E-state index is 5.89. The van der Waals surface area contributed by atoms with E-state index in [9.17, 15) is 0 Å². The van der Waals surface area contributed by atoms with Gasteiger partial charge >= 0.3 is 0 Å². The number of hydrogen-bond donors (Lipinski definition) is 0. The van der Waals surface area contributed by atoms with Crippen LogP contribution < -0.4 is 0 Å². The molecule has 0 bridgehead atoms. The Hall–Kier alpha value is 0.160. The lowest BCUT2D eigenvalue weighted by atomic mass is 10.1. The minimum Gasteiger partial charge on any atom is -0.455 e. The average Bonchev–Trinajstić information content (AvgIpc) is 2.62. The molecule has 0 aliphatic rings. The van der Waals surface area contributed by atoms with Gasteiger partial charge in [-0.2, -0.15) is 0 Å². The van der Waals surface area contributed by atoms with Crippen LogP contribution in [-0.2, 0) is 0 Å². The van der Waals surface area contributed by atoms with Crippen molar-refractivity contribution in [1.82, 2.24) is 0 Å². The molecule has 3 rings (SSSR count). The van der Waals surface area contributed by atoms with Crippen LogP contribution in [0.15, 0.2) is 46.6 Å². The average molecular weight is 484 g/mol. The quantitative estimate of drug-likeness (QED) is 0.349. The molecule has 0 saturated carbocycles. The molecular weight excluding hydrogens is 480 g/mol. The van der Waals surface area contributed by atoms with Crippen molar-refractivity contribution in [2.75, 3.05) is 0 Å². The van der Waals surface area contributed by atoms with Gasteiger partial charge < -0.3 is 4.42 Å². The fourth-order valence-electron chi connectivity index (χ4n) is 1.83. The lowest BCUT2D eigenvalue weighted by Crippen LogP contribution is -1.72. The summed E-state index contributed by atoms with van der Waals surface area (Å²) in [6.45, 7) is 0. The summed E-state index contributed by atoms with van der Waals surface area (Å²) < 4.78 is 9.83. The monoisotopic (exact) mass is 480 g/mol. The molecule has 17 heavy (non-hydrogen) atoms. The van der Waals surface area contributed by atoms with Crippen LogP contribution in [0.3, 0.4) is 0 Å². The van der Waals surface area contributed by atoms with Gasteiger partial charge in [-0.15, -0.1) is 0 Å². The van der Waals surface area contributed by atoms with Gasteiger partial charge in [0.15, 0.2) is 5.58 Å². The van der Waals surface area contributed by atoms with Gasteiger partial charge in [0.25, 0.3) is 0 Å². The fourth-order valence-corrected chi connectivity index (χ4v) is 3.97. The zero-order valence-corrected chi connectivity index (χ0v) is 14.6. The first kappa shape index (κ1) is 12.2. The Morgan fingerprint density at radius 1 is 0.882 bits per heavy atom. The molecule has 1 nitrogen and oxygen atoms in total. The van der Waals surface area contributed by atoms with E-state index in [1.165, 1.54) is 0 Å². The van der Waals surface area contributed by atoms with Crippen molar-refractivity contribution in [3.63, 3.8) is 0 Å². The standard InChI is InChI=1S/C12H4Br4O/c13-5-3-8(15)10-6-1-2-7(14)11(16)12(6)17-9(10)4-5/h1-4H. The van der Waals surface area contributed by atoms with Crippen molar-refractivity contribution in [3.8, 4) is 0 Å². The van der Waals surface area contributed by atoms with E-state index in [0.29, 0.717) is 0 Å². The van der Waals surface area contributed by atoms with E-state index in [4.69, 9.17) is 4.42 Å². The molecule has 0 spiro atoms. The van der Waals surface area contributed by atoms with Gasteiger partial charge in [-0.25, -0.2) is 0 Å². The third-order valence-electron chi connectivity index (χ3n) is 2.55. The molecule has 1 aromatic heterocycles. The number of halogens is 4. The molecule has 2 aromatic carbocycles. The summed E-state index contributed by atoms with van der Waals surface area (Å²) in [5.41, 5.74) is 1.72. The van der Waals surface area contributed by atoms with Crippen LogP contribution in [0.1, 0.15) is 0 Å². The van der Waals surface area contributed by atoms with Crippen molar-refractivity contribution < 1.29 is 4.42 Å². The second-order valence-corrected chi connectivity index (χ2v) is 7.02. The topological polar surface area (TPSA) is 13.1 Å². The summed E-state index contributed by atoms with van der Waals surface area (Å²) in [5.74, 6) is 0. The zero-order chi connectivity index (χ0) is 12.2. The Balaban J connectivity index is 2.59. The van der Waals surface area contributed by atoms with Gasteiger partial charge in [0.2, 0.25) is 0 Å². The first-order valence-corrected chi connectivity index (χ1v) is 7.90. The molecule has 0 atom stereocenters. The number of fused-ring (bicyclic) bond motifs is 3. The molecular formula is C12H4Br4O. The van der Waals surface area contributed by atoms with Gasteiger partial charge in [0.1, 0.15) is 5.58 Å². The van der Waals surface area contributed by atoms with Crippen LogP contribution in [0.5, 0.6) is 0 Å². The highest BCUT2D eigenvalue weighted by atomic mass is 79.9. The fraction of sp³-hybridized carbons (Fsp3) is 0. The molecule has 1 heterocycles. The summed E-state index contributed by atoms with van der Waals surface area (Å²) in [6.07, 6.45) is 0. The first-order chi connectivity index (χ1) is 8.08. The number of furan rings is 1. The summed E-state index contributed by atoms with van der Waals surface area (Å²) in [7, 11) is 0. The lowest BCUT2D eigenvalue weighted by Gasteiger charge is -1.97. The van der Waals surface area contributed by atoms with E-state index >= 15 is 0 Å². The van der Waals surface area contributed by atoms with E-state index in [1.807, 2.05) is 18.2 Å². The van der Waals surface area contributed by atoms with Crippen molar-refractivity contribution in [2.24, 2.45) is 0 Å². The normalized spacial score (nSPS) is 11.5. The highest BCUT2D eigenvalue weighted by molar-refractivity contribution is 9.13. The smallest absolute Gasteiger partial charge is 0.150 e. The second kappa shape index (κ2) is 4.37. The number of benzene rings is 2. The molecule has 0 radical (unpaired) electrons. The highest BCUT2D eigenvalue weighted by Gasteiger charge is 2.14. The molecule has 0 aliphatic heterocycles. The molecule has 0 N–H and O–H groups in total. The molecule has 3 aromatic rings. The second-order valence-electron chi connectivity index (χ2n) is 3.60. The minimum atomic E-state index is 0.855. The highest BCUT2D eigenvalue weighted by Crippen LogP contribution is 2.41. The van der Waals surface area contributed by atoms with Crippen LogP contribution in [0.4, 0.5) is 0 Å². The largest absolute Gasteiger partial charge is 0.455 e. The van der Waals surface area contributed by atoms with Gasteiger partial charge in [0, 0.05) is 24.2 Å². The summed E-state index contributed by atoms with van der Waals surface area (Å²) in [4.78, 5) is 0. The van der Waals surface area contributed by atoms with Crippen molar-refractivity contribution in [3.05, 3.63) is 42.2 Å². The zero-order valence-electron chi connectivity index (χ0n) is 8.23. The summed E-state index contributed by atoms with van der Waals surface area (Å²) >= 11 is 14.0. The van der Waals surface area contributed by atoms with E-state index in [1.54, 1.807) is 0 Å². The van der Waals surface area contributed by atoms with Crippen LogP contribution >= 0.6 is 63.7 Å². The Bertz CT molecular complexity index is 745. The van der Waals surface area contributed by atoms with Gasteiger partial charge in [-0.3, -0.25) is 0 Å². The van der Waals surface area contributed by atoms with Crippen LogP contribution in [0.2, 0.25) is 0 Å². The maximum absolute atomic E-state index is 5.89. The molecule has 0 aliphatic carbocycles. The van der Waals surface area contributed by atoms with E-state index in [-0.39, 0.29) is 0 Å². The van der Waals surface area contributed by atoms with E-state index < -0.39 is 0 Å². The molecule has 5 heteroatoms. The maximum Gasteiger partial charge on any atom is 0.150 e. The Kier molecular flexibility index (Phi) is 3.14. The van der Waals surface area contributed by atoms with Crippen LogP contribution in [0, 0.1) is 0 Å². The van der Waals surface area contributed by atoms with E-state index in [2.05, 4.69) is 69.8 Å². The predicted molar refractivity (Wildman–Crippen MR) is 84.5 cm³/mol. The van der Waals surface area contributed by atoms with E-state index in [0.717, 1.165) is 39.8 Å². The molecule has 0 unspecified atom stereocenters.